The monoisotopic (exact) mass is 394 g/mol. The molecule has 0 aliphatic rings. The van der Waals surface area contributed by atoms with Crippen LogP contribution in [0, 0.1) is 10.1 Å². The number of nitrogens with one attached hydrogen (secondary N) is 1. The van der Waals surface area contributed by atoms with Crippen molar-refractivity contribution >= 4 is 60.4 Å². The van der Waals surface area contributed by atoms with E-state index in [1.807, 2.05) is 0 Å². The van der Waals surface area contributed by atoms with Gasteiger partial charge in [0, 0.05) is 0 Å². The van der Waals surface area contributed by atoms with Gasteiger partial charge in [-0.25, -0.2) is 0 Å². The Hall–Kier alpha value is -2.56. The number of nitrogen functional groups attached to an aromatic ring is 1. The molecule has 1 aromatic carbocycles. The standard InChI is InChI=1S/C11H6N8O2SSe/c12-9-7-10(14-3-13-9)16-11(15-7)22-5-2-1-4-6(18-23-17-4)8(5)19(20)21/h1-3H,(H3,12,13,14,15,16). The molecular weight excluding hydrogens is 387 g/mol. The number of imidazole rings is 1. The van der Waals surface area contributed by atoms with Crippen LogP contribution in [0.2, 0.25) is 0 Å². The molecule has 3 heterocycles. The van der Waals surface area contributed by atoms with E-state index >= 15 is 0 Å². The van der Waals surface area contributed by atoms with E-state index in [2.05, 4.69) is 27.9 Å². The Labute approximate surface area is 137 Å². The molecule has 3 N–H and O–H groups in total. The number of fused-ring (bicyclic) bond motifs is 2. The normalized spacial score (nSPS) is 11.3. The van der Waals surface area contributed by atoms with E-state index in [-0.39, 0.29) is 26.5 Å². The summed E-state index contributed by atoms with van der Waals surface area (Å²) in [6.45, 7) is 0. The third-order valence-electron chi connectivity index (χ3n) is 3.05. The van der Waals surface area contributed by atoms with Gasteiger partial charge in [0.25, 0.3) is 0 Å². The Kier molecular flexibility index (Phi) is 3.22. The van der Waals surface area contributed by atoms with Gasteiger partial charge in [0.1, 0.15) is 0 Å². The second-order valence-electron chi connectivity index (χ2n) is 4.40. The van der Waals surface area contributed by atoms with E-state index in [1.54, 1.807) is 12.1 Å². The zero-order valence-electron chi connectivity index (χ0n) is 11.1. The van der Waals surface area contributed by atoms with Crippen LogP contribution in [0.4, 0.5) is 11.5 Å². The molecule has 0 saturated carbocycles. The molecule has 4 aromatic rings. The van der Waals surface area contributed by atoms with Gasteiger partial charge in [0.15, 0.2) is 0 Å². The van der Waals surface area contributed by atoms with Gasteiger partial charge in [0.05, 0.1) is 0 Å². The molecule has 12 heteroatoms. The third-order valence-corrected chi connectivity index (χ3v) is 5.12. The minimum absolute atomic E-state index is 0.0601. The molecule has 0 amide bonds. The number of nitro groups is 1. The summed E-state index contributed by atoms with van der Waals surface area (Å²) >= 11 is 0.783. The van der Waals surface area contributed by atoms with E-state index in [0.29, 0.717) is 32.2 Å². The molecule has 0 spiro atoms. The Morgan fingerprint density at radius 1 is 1.30 bits per heavy atom. The Morgan fingerprint density at radius 3 is 2.96 bits per heavy atom. The van der Waals surface area contributed by atoms with Gasteiger partial charge in [-0.3, -0.25) is 0 Å². The van der Waals surface area contributed by atoms with Gasteiger partial charge in [0.2, 0.25) is 0 Å². The number of rotatable bonds is 3. The molecule has 4 rings (SSSR count). The van der Waals surface area contributed by atoms with Crippen LogP contribution in [-0.4, -0.2) is 47.8 Å². The second kappa shape index (κ2) is 5.26. The number of nitrogens with zero attached hydrogens (tertiary/aromatic N) is 6. The van der Waals surface area contributed by atoms with E-state index in [9.17, 15) is 10.1 Å². The van der Waals surface area contributed by atoms with Crippen molar-refractivity contribution in [3.05, 3.63) is 28.6 Å². The summed E-state index contributed by atoms with van der Waals surface area (Å²) in [5.74, 6) is 0.273. The van der Waals surface area contributed by atoms with Gasteiger partial charge in [-0.1, -0.05) is 0 Å². The van der Waals surface area contributed by atoms with Crippen LogP contribution in [0.1, 0.15) is 0 Å². The topological polar surface area (TPSA) is 149 Å². The fourth-order valence-corrected chi connectivity index (χ4v) is 4.08. The van der Waals surface area contributed by atoms with E-state index in [0.717, 1.165) is 11.8 Å². The fourth-order valence-electron chi connectivity index (χ4n) is 2.06. The number of aromatic amines is 1. The average molecular weight is 393 g/mol. The number of hydrogen-bond donors (Lipinski definition) is 2. The van der Waals surface area contributed by atoms with Crippen LogP contribution < -0.4 is 5.73 Å². The molecule has 10 nitrogen and oxygen atoms in total. The van der Waals surface area contributed by atoms with Gasteiger partial charge >= 0.3 is 138 Å². The van der Waals surface area contributed by atoms with Crippen molar-refractivity contribution in [2.24, 2.45) is 0 Å². The van der Waals surface area contributed by atoms with Crippen LogP contribution in [-0.2, 0) is 0 Å². The van der Waals surface area contributed by atoms with Crippen LogP contribution in [0.15, 0.2) is 28.5 Å². The number of aromatic nitrogens is 6. The first-order valence-electron chi connectivity index (χ1n) is 6.17. The first-order chi connectivity index (χ1) is 11.1. The molecule has 0 aliphatic carbocycles. The van der Waals surface area contributed by atoms with Crippen molar-refractivity contribution in [1.82, 2.24) is 27.9 Å². The van der Waals surface area contributed by atoms with Crippen molar-refractivity contribution < 1.29 is 4.92 Å². The van der Waals surface area contributed by atoms with Crippen LogP contribution in [0.5, 0.6) is 0 Å². The number of anilines is 1. The number of nitrogens with two attached hydrogens (primary N) is 1. The molecule has 114 valence electrons. The quantitative estimate of drug-likeness (QED) is 0.295. The van der Waals surface area contributed by atoms with E-state index in [1.165, 1.54) is 6.33 Å². The van der Waals surface area contributed by atoms with Crippen molar-refractivity contribution in [2.75, 3.05) is 5.73 Å². The molecule has 0 bridgehead atoms. The van der Waals surface area contributed by atoms with Crippen molar-refractivity contribution in [3.8, 4) is 0 Å². The summed E-state index contributed by atoms with van der Waals surface area (Å²) in [5.41, 5.74) is 7.49. The van der Waals surface area contributed by atoms with Gasteiger partial charge in [-0.15, -0.1) is 0 Å². The predicted octanol–water partition coefficient (Wildman–Crippen LogP) is 0.995. The number of H-pyrrole nitrogens is 1. The molecule has 0 fully saturated rings. The summed E-state index contributed by atoms with van der Waals surface area (Å²) in [6.07, 6.45) is 1.31. The first kappa shape index (κ1) is 14.1. The summed E-state index contributed by atoms with van der Waals surface area (Å²) < 4.78 is 8.31. The Balaban J connectivity index is 1.84. The Bertz CT molecular complexity index is 1060. The second-order valence-corrected chi connectivity index (χ2v) is 6.54. The van der Waals surface area contributed by atoms with Crippen molar-refractivity contribution in [2.45, 2.75) is 10.1 Å². The molecule has 0 atom stereocenters. The maximum atomic E-state index is 11.4. The van der Waals surface area contributed by atoms with Crippen LogP contribution in [0.3, 0.4) is 0 Å². The molecule has 23 heavy (non-hydrogen) atoms. The SMILES string of the molecule is Nc1ncnc2nc(Sc3ccc4n[se]nc4c3[N+](=O)[O-])[nH]c12. The van der Waals surface area contributed by atoms with E-state index < -0.39 is 4.92 Å². The fraction of sp³-hybridized carbons (Fsp3) is 0. The van der Waals surface area contributed by atoms with Gasteiger partial charge < -0.3 is 0 Å². The zero-order chi connectivity index (χ0) is 16.0. The minimum atomic E-state index is -0.446. The van der Waals surface area contributed by atoms with Crippen LogP contribution >= 0.6 is 11.8 Å². The molecule has 0 aliphatic heterocycles. The predicted molar refractivity (Wildman–Crippen MR) is 83.4 cm³/mol. The summed E-state index contributed by atoms with van der Waals surface area (Å²) in [4.78, 5) is 26.5. The molecule has 0 unspecified atom stereocenters. The number of nitro benzene ring substituents is 1. The van der Waals surface area contributed by atoms with E-state index in [4.69, 9.17) is 5.73 Å². The van der Waals surface area contributed by atoms with Gasteiger partial charge in [-0.05, 0) is 0 Å². The third kappa shape index (κ3) is 2.32. The van der Waals surface area contributed by atoms with Crippen LogP contribution in [0.25, 0.3) is 22.2 Å². The summed E-state index contributed by atoms with van der Waals surface area (Å²) in [5, 5.41) is 11.9. The number of benzene rings is 1. The van der Waals surface area contributed by atoms with Gasteiger partial charge in [-0.2, -0.15) is 0 Å². The van der Waals surface area contributed by atoms with Crippen molar-refractivity contribution in [3.63, 3.8) is 0 Å². The Morgan fingerprint density at radius 2 is 2.17 bits per heavy atom. The molecule has 3 aromatic heterocycles. The van der Waals surface area contributed by atoms with Crippen molar-refractivity contribution in [1.29, 1.82) is 0 Å². The average Bonchev–Trinajstić information content (AvgIpc) is 3.13. The summed E-state index contributed by atoms with van der Waals surface area (Å²) in [6, 6.07) is 3.37. The summed E-state index contributed by atoms with van der Waals surface area (Å²) in [7, 11) is 0. The molecular formula is C11H6N8O2SSe. The molecule has 0 radical (unpaired) electrons. The first-order valence-corrected chi connectivity index (χ1v) is 8.52. The number of hydrogen-bond acceptors (Lipinski definition) is 9. The maximum absolute atomic E-state index is 11.4. The zero-order valence-corrected chi connectivity index (χ0v) is 13.7. The molecule has 0 saturated heterocycles.